The van der Waals surface area contributed by atoms with E-state index in [1.165, 1.54) is 15.6 Å². The predicted octanol–water partition coefficient (Wildman–Crippen LogP) is 4.68. The van der Waals surface area contributed by atoms with Crippen LogP contribution in [0.15, 0.2) is 22.4 Å². The maximum atomic E-state index is 13.9. The number of nitrogens with one attached hydrogen (secondary N) is 2. The van der Waals surface area contributed by atoms with Gasteiger partial charge < -0.3 is 10.6 Å². The number of carbonyl (C=O) groups excluding carboxylic acids is 2. The minimum Gasteiger partial charge on any atom is -0.353 e. The van der Waals surface area contributed by atoms with E-state index in [0.29, 0.717) is 48.0 Å². The summed E-state index contributed by atoms with van der Waals surface area (Å²) >= 11 is 7.41. The van der Waals surface area contributed by atoms with E-state index >= 15 is 0 Å². The van der Waals surface area contributed by atoms with Gasteiger partial charge in [-0.3, -0.25) is 14.3 Å². The van der Waals surface area contributed by atoms with Gasteiger partial charge in [-0.25, -0.2) is 8.42 Å². The van der Waals surface area contributed by atoms with Crippen molar-refractivity contribution in [1.29, 1.82) is 0 Å². The lowest BCUT2D eigenvalue weighted by Crippen LogP contribution is -2.39. The summed E-state index contributed by atoms with van der Waals surface area (Å²) in [6.07, 6.45) is 4.14. The number of nitrogens with zero attached hydrogens (tertiary/aromatic N) is 3. The van der Waals surface area contributed by atoms with E-state index in [-0.39, 0.29) is 41.6 Å². The molecule has 12 heteroatoms. The summed E-state index contributed by atoms with van der Waals surface area (Å²) in [6.45, 7) is 7.65. The second-order valence-corrected chi connectivity index (χ2v) is 15.1. The second kappa shape index (κ2) is 12.4. The second-order valence-electron chi connectivity index (χ2n) is 11.5. The fourth-order valence-corrected chi connectivity index (χ4v) is 9.27. The molecule has 5 rings (SSSR count). The largest absolute Gasteiger partial charge is 0.353 e. The Bertz CT molecular complexity index is 1560. The molecule has 3 heterocycles. The molecule has 222 valence electrons. The number of carbonyl (C=O) groups is 2. The first-order chi connectivity index (χ1) is 19.5. The molecule has 1 aromatic carbocycles. The molecular formula is C29H38ClN5O4S2. The molecule has 2 aliphatic rings. The van der Waals surface area contributed by atoms with E-state index in [2.05, 4.69) is 24.5 Å². The molecular weight excluding hydrogens is 582 g/mol. The zero-order valence-electron chi connectivity index (χ0n) is 23.8. The molecule has 9 nitrogen and oxygen atoms in total. The standard InChI is InChI=1S/C29H38ClN5O4S2/c1-18(2)11-15-35-24-9-8-21-17-23(24)27(33-35)28(37)31-12-5-14-34(13-4-6-26(36)32-21)41(38,39)29-19(3)22-16-20(30)7-10-25(22)40-29/h7,10,16,18,21H,4-6,8-9,11-15,17H2,1-3H3,(H,31,37)(H,32,36). The highest BCUT2D eigenvalue weighted by Gasteiger charge is 2.32. The van der Waals surface area contributed by atoms with Crippen LogP contribution in [0.25, 0.3) is 10.1 Å². The molecule has 0 saturated carbocycles. The average molecular weight is 620 g/mol. The molecule has 2 aromatic heterocycles. The van der Waals surface area contributed by atoms with Crippen LogP contribution in [0.4, 0.5) is 0 Å². The monoisotopic (exact) mass is 619 g/mol. The van der Waals surface area contributed by atoms with Crippen LogP contribution in [0.5, 0.6) is 0 Å². The summed E-state index contributed by atoms with van der Waals surface area (Å²) in [5.74, 6) is 0.163. The molecule has 3 aromatic rings. The first kappa shape index (κ1) is 30.0. The number of fused-ring (bicyclic) bond motifs is 2. The van der Waals surface area contributed by atoms with Crippen LogP contribution in [0.2, 0.25) is 5.02 Å². The molecule has 0 saturated heterocycles. The van der Waals surface area contributed by atoms with E-state index in [1.54, 1.807) is 19.1 Å². The normalized spacial score (nSPS) is 19.6. The Morgan fingerprint density at radius 2 is 1.95 bits per heavy atom. The smallest absolute Gasteiger partial charge is 0.272 e. The molecule has 41 heavy (non-hydrogen) atoms. The zero-order chi connectivity index (χ0) is 29.3. The average Bonchev–Trinajstić information content (AvgIpc) is 3.45. The third kappa shape index (κ3) is 6.48. The van der Waals surface area contributed by atoms with Crippen LogP contribution in [0.3, 0.4) is 0 Å². The fraction of sp³-hybridized carbons (Fsp3) is 0.552. The molecule has 2 amide bonds. The number of rotatable bonds is 5. The number of aromatic nitrogens is 2. The Labute approximate surface area is 250 Å². The lowest BCUT2D eigenvalue weighted by molar-refractivity contribution is -0.122. The summed E-state index contributed by atoms with van der Waals surface area (Å²) in [6, 6.07) is 5.31. The van der Waals surface area contributed by atoms with Crippen molar-refractivity contribution >= 4 is 54.9 Å². The SMILES string of the molecule is Cc1c(S(=O)(=O)N2CCCNC(=O)c3nn(CCC(C)C)c4c3CC(CC4)NC(=O)CCC2)sc2ccc(Cl)cc12. The van der Waals surface area contributed by atoms with Crippen molar-refractivity contribution in [1.82, 2.24) is 24.7 Å². The van der Waals surface area contributed by atoms with Gasteiger partial charge in [-0.05, 0) is 80.5 Å². The Morgan fingerprint density at radius 3 is 2.73 bits per heavy atom. The Balaban J connectivity index is 1.39. The highest BCUT2D eigenvalue weighted by molar-refractivity contribution is 7.91. The number of benzene rings is 1. The Hall–Kier alpha value is -2.47. The van der Waals surface area contributed by atoms with Crippen molar-refractivity contribution in [2.45, 2.75) is 82.5 Å². The van der Waals surface area contributed by atoms with Gasteiger partial charge in [0.15, 0.2) is 5.69 Å². The highest BCUT2D eigenvalue weighted by atomic mass is 35.5. The topological polar surface area (TPSA) is 113 Å². The van der Waals surface area contributed by atoms with E-state index < -0.39 is 10.0 Å². The molecule has 1 unspecified atom stereocenters. The molecule has 0 radical (unpaired) electrons. The fourth-order valence-electron chi connectivity index (χ4n) is 5.70. The summed E-state index contributed by atoms with van der Waals surface area (Å²) in [7, 11) is -3.83. The van der Waals surface area contributed by atoms with Gasteiger partial charge >= 0.3 is 0 Å². The van der Waals surface area contributed by atoms with Crippen molar-refractivity contribution in [3.63, 3.8) is 0 Å². The van der Waals surface area contributed by atoms with Gasteiger partial charge in [-0.15, -0.1) is 11.3 Å². The van der Waals surface area contributed by atoms with Crippen molar-refractivity contribution in [2.75, 3.05) is 19.6 Å². The quantitative estimate of drug-likeness (QED) is 0.430. The van der Waals surface area contributed by atoms with E-state index in [9.17, 15) is 18.0 Å². The maximum absolute atomic E-state index is 13.9. The number of aryl methyl sites for hydroxylation is 2. The van der Waals surface area contributed by atoms with Crippen molar-refractivity contribution < 1.29 is 18.0 Å². The number of sulfonamides is 1. The first-order valence-corrected chi connectivity index (χ1v) is 17.0. The summed E-state index contributed by atoms with van der Waals surface area (Å²) in [5, 5.41) is 12.2. The predicted molar refractivity (Wildman–Crippen MR) is 162 cm³/mol. The van der Waals surface area contributed by atoms with Crippen LogP contribution >= 0.6 is 22.9 Å². The molecule has 1 aliphatic carbocycles. The Morgan fingerprint density at radius 1 is 1.17 bits per heavy atom. The lowest BCUT2D eigenvalue weighted by Gasteiger charge is -2.25. The van der Waals surface area contributed by atoms with E-state index in [4.69, 9.17) is 16.7 Å². The minimum atomic E-state index is -3.83. The van der Waals surface area contributed by atoms with Gasteiger partial charge in [0.1, 0.15) is 4.21 Å². The number of hydrogen-bond donors (Lipinski definition) is 2. The maximum Gasteiger partial charge on any atom is 0.272 e. The van der Waals surface area contributed by atoms with Crippen molar-refractivity contribution in [3.8, 4) is 0 Å². The lowest BCUT2D eigenvalue weighted by atomic mass is 9.91. The number of thiophene rings is 1. The van der Waals surface area contributed by atoms with Gasteiger partial charge in [-0.1, -0.05) is 25.4 Å². The van der Waals surface area contributed by atoms with Gasteiger partial charge in [0.2, 0.25) is 5.91 Å². The van der Waals surface area contributed by atoms with Crippen LogP contribution in [0, 0.1) is 12.8 Å². The van der Waals surface area contributed by atoms with Crippen LogP contribution in [-0.4, -0.2) is 60.0 Å². The molecule has 1 aliphatic heterocycles. The van der Waals surface area contributed by atoms with Crippen molar-refractivity contribution in [3.05, 3.63) is 45.7 Å². The van der Waals surface area contributed by atoms with Gasteiger partial charge in [0, 0.05) is 59.6 Å². The van der Waals surface area contributed by atoms with Gasteiger partial charge in [0.25, 0.3) is 15.9 Å². The first-order valence-electron chi connectivity index (χ1n) is 14.4. The molecule has 0 spiro atoms. The summed E-state index contributed by atoms with van der Waals surface area (Å²) < 4.78 is 32.3. The summed E-state index contributed by atoms with van der Waals surface area (Å²) in [4.78, 5) is 26.2. The number of halogens is 1. The zero-order valence-corrected chi connectivity index (χ0v) is 26.2. The Kier molecular flexibility index (Phi) is 9.08. The third-order valence-electron chi connectivity index (χ3n) is 7.95. The third-order valence-corrected chi connectivity index (χ3v) is 12.0. The molecule has 0 fully saturated rings. The minimum absolute atomic E-state index is 0.0812. The molecule has 2 bridgehead atoms. The van der Waals surface area contributed by atoms with Crippen LogP contribution in [0.1, 0.15) is 73.3 Å². The number of hydrogen-bond acceptors (Lipinski definition) is 6. The van der Waals surface area contributed by atoms with Crippen LogP contribution in [-0.2, 0) is 34.2 Å². The van der Waals surface area contributed by atoms with Gasteiger partial charge in [-0.2, -0.15) is 9.40 Å². The molecule has 2 N–H and O–H groups in total. The molecule has 1 atom stereocenters. The van der Waals surface area contributed by atoms with Crippen LogP contribution < -0.4 is 10.6 Å². The highest BCUT2D eigenvalue weighted by Crippen LogP contribution is 2.37. The summed E-state index contributed by atoms with van der Waals surface area (Å²) in [5.41, 5.74) is 3.10. The van der Waals surface area contributed by atoms with E-state index in [0.717, 1.165) is 47.2 Å². The van der Waals surface area contributed by atoms with E-state index in [1.807, 2.05) is 10.7 Å². The number of amides is 2. The van der Waals surface area contributed by atoms with Gasteiger partial charge in [0.05, 0.1) is 0 Å². The van der Waals surface area contributed by atoms with Crippen molar-refractivity contribution in [2.24, 2.45) is 5.92 Å².